The van der Waals surface area contributed by atoms with Crippen molar-refractivity contribution in [3.63, 3.8) is 0 Å². The summed E-state index contributed by atoms with van der Waals surface area (Å²) < 4.78 is 5.79. The zero-order valence-corrected chi connectivity index (χ0v) is 17.1. The van der Waals surface area contributed by atoms with Crippen molar-refractivity contribution in [2.45, 2.75) is 13.0 Å². The van der Waals surface area contributed by atoms with Crippen LogP contribution in [0.15, 0.2) is 53.5 Å². The first-order valence-electron chi connectivity index (χ1n) is 9.13. The summed E-state index contributed by atoms with van der Waals surface area (Å²) in [6.07, 6.45) is 0.843. The molecule has 0 aliphatic heterocycles. The number of halogens is 1. The third-order valence-corrected chi connectivity index (χ3v) is 4.40. The lowest BCUT2D eigenvalue weighted by Crippen LogP contribution is -2.37. The highest BCUT2D eigenvalue weighted by Gasteiger charge is 2.02. The van der Waals surface area contributed by atoms with Crippen LogP contribution >= 0.6 is 11.6 Å². The van der Waals surface area contributed by atoms with E-state index in [9.17, 15) is 0 Å². The predicted octanol–water partition coefficient (Wildman–Crippen LogP) is 3.19. The molecular formula is C21H29ClN4O. The molecule has 146 valence electrons. The molecule has 0 bridgehead atoms. The molecule has 0 fully saturated rings. The molecule has 5 nitrogen and oxygen atoms in total. The van der Waals surface area contributed by atoms with Gasteiger partial charge in [0.25, 0.3) is 0 Å². The highest BCUT2D eigenvalue weighted by molar-refractivity contribution is 6.31. The Bertz CT molecular complexity index is 734. The van der Waals surface area contributed by atoms with E-state index in [2.05, 4.69) is 32.7 Å². The molecule has 2 rings (SSSR count). The number of ether oxygens (including phenoxy) is 1. The van der Waals surface area contributed by atoms with E-state index in [1.54, 1.807) is 7.05 Å². The summed E-state index contributed by atoms with van der Waals surface area (Å²) in [5.41, 5.74) is 2.27. The first-order valence-corrected chi connectivity index (χ1v) is 9.50. The van der Waals surface area contributed by atoms with E-state index in [0.29, 0.717) is 13.2 Å². The Kier molecular flexibility index (Phi) is 8.95. The fourth-order valence-electron chi connectivity index (χ4n) is 2.51. The van der Waals surface area contributed by atoms with Crippen molar-refractivity contribution in [3.05, 3.63) is 64.7 Å². The fraction of sp³-hybridized carbons (Fsp3) is 0.381. The van der Waals surface area contributed by atoms with Gasteiger partial charge in [0.1, 0.15) is 12.4 Å². The van der Waals surface area contributed by atoms with Gasteiger partial charge in [0.2, 0.25) is 0 Å². The second kappa shape index (κ2) is 11.5. The van der Waals surface area contributed by atoms with E-state index < -0.39 is 0 Å². The van der Waals surface area contributed by atoms with Gasteiger partial charge in [0, 0.05) is 31.7 Å². The van der Waals surface area contributed by atoms with Gasteiger partial charge in [0.15, 0.2) is 5.96 Å². The summed E-state index contributed by atoms with van der Waals surface area (Å²) in [6, 6.07) is 16.0. The van der Waals surface area contributed by atoms with Crippen LogP contribution < -0.4 is 15.4 Å². The average molecular weight is 389 g/mol. The quantitative estimate of drug-likeness (QED) is 0.511. The third-order valence-electron chi connectivity index (χ3n) is 4.03. The third kappa shape index (κ3) is 7.89. The van der Waals surface area contributed by atoms with Crippen molar-refractivity contribution in [2.75, 3.05) is 40.8 Å². The molecule has 0 amide bonds. The van der Waals surface area contributed by atoms with Gasteiger partial charge in [0.05, 0.1) is 0 Å². The summed E-state index contributed by atoms with van der Waals surface area (Å²) in [4.78, 5) is 6.37. The lowest BCUT2D eigenvalue weighted by Gasteiger charge is -2.14. The molecular weight excluding hydrogens is 360 g/mol. The van der Waals surface area contributed by atoms with E-state index in [0.717, 1.165) is 47.4 Å². The Morgan fingerprint density at radius 2 is 1.93 bits per heavy atom. The number of rotatable bonds is 9. The molecule has 0 aliphatic carbocycles. The van der Waals surface area contributed by atoms with E-state index >= 15 is 0 Å². The Morgan fingerprint density at radius 3 is 2.67 bits per heavy atom. The molecule has 0 atom stereocenters. The second-order valence-electron chi connectivity index (χ2n) is 6.49. The van der Waals surface area contributed by atoms with Crippen LogP contribution in [0.1, 0.15) is 11.1 Å². The summed E-state index contributed by atoms with van der Waals surface area (Å²) in [5, 5.41) is 7.45. The van der Waals surface area contributed by atoms with Crippen LogP contribution in [0.4, 0.5) is 0 Å². The molecule has 2 aromatic carbocycles. The average Bonchev–Trinajstić information content (AvgIpc) is 2.66. The van der Waals surface area contributed by atoms with Crippen LogP contribution in [0, 0.1) is 0 Å². The number of likely N-dealkylation sites (N-methyl/N-ethyl adjacent to an activating group) is 1. The molecule has 0 spiro atoms. The van der Waals surface area contributed by atoms with Crippen LogP contribution in [-0.2, 0) is 13.0 Å². The minimum absolute atomic E-state index is 0.676. The highest BCUT2D eigenvalue weighted by Crippen LogP contribution is 2.15. The zero-order chi connectivity index (χ0) is 19.5. The minimum atomic E-state index is 0.676. The molecule has 0 saturated carbocycles. The molecule has 0 unspecified atom stereocenters. The van der Waals surface area contributed by atoms with Crippen molar-refractivity contribution < 1.29 is 4.74 Å². The van der Waals surface area contributed by atoms with Gasteiger partial charge in [-0.1, -0.05) is 41.9 Å². The number of hydrogen-bond acceptors (Lipinski definition) is 3. The smallest absolute Gasteiger partial charge is 0.191 e. The standard InChI is InChI=1S/C21H29ClN4O/c1-23-21(24-12-11-18-8-4-5-10-20(18)22)25-16-17-7-6-9-19(15-17)27-14-13-26(2)3/h4-10,15H,11-14,16H2,1-3H3,(H2,23,24,25). The van der Waals surface area contributed by atoms with Crippen LogP contribution in [-0.4, -0.2) is 51.7 Å². The van der Waals surface area contributed by atoms with Gasteiger partial charge in [-0.15, -0.1) is 0 Å². The number of nitrogens with one attached hydrogen (secondary N) is 2. The maximum atomic E-state index is 6.19. The predicted molar refractivity (Wildman–Crippen MR) is 114 cm³/mol. The van der Waals surface area contributed by atoms with Crippen LogP contribution in [0.3, 0.4) is 0 Å². The first-order chi connectivity index (χ1) is 13.1. The van der Waals surface area contributed by atoms with Gasteiger partial charge < -0.3 is 20.3 Å². The summed E-state index contributed by atoms with van der Waals surface area (Å²) in [5.74, 6) is 1.65. The van der Waals surface area contributed by atoms with E-state index in [-0.39, 0.29) is 0 Å². The Balaban J connectivity index is 1.77. The molecule has 6 heteroatoms. The second-order valence-corrected chi connectivity index (χ2v) is 6.90. The van der Waals surface area contributed by atoms with Gasteiger partial charge in [-0.2, -0.15) is 0 Å². The largest absolute Gasteiger partial charge is 0.492 e. The Labute approximate surface area is 167 Å². The van der Waals surface area contributed by atoms with Crippen molar-refractivity contribution in [1.29, 1.82) is 0 Å². The van der Waals surface area contributed by atoms with Crippen molar-refractivity contribution >= 4 is 17.6 Å². The molecule has 0 aliphatic rings. The van der Waals surface area contributed by atoms with Crippen LogP contribution in [0.5, 0.6) is 5.75 Å². The van der Waals surface area contributed by atoms with Crippen LogP contribution in [0.2, 0.25) is 5.02 Å². The summed E-state index contributed by atoms with van der Waals surface area (Å²) >= 11 is 6.19. The number of guanidine groups is 1. The molecule has 27 heavy (non-hydrogen) atoms. The van der Waals surface area contributed by atoms with Crippen molar-refractivity contribution in [3.8, 4) is 5.75 Å². The zero-order valence-electron chi connectivity index (χ0n) is 16.3. The molecule has 0 radical (unpaired) electrons. The summed E-state index contributed by atoms with van der Waals surface area (Å²) in [7, 11) is 5.84. The lowest BCUT2D eigenvalue weighted by molar-refractivity contribution is 0.261. The molecule has 2 N–H and O–H groups in total. The number of aliphatic imine (C=N–C) groups is 1. The number of nitrogens with zero attached hydrogens (tertiary/aromatic N) is 2. The van der Waals surface area contributed by atoms with E-state index in [1.165, 1.54) is 0 Å². The van der Waals surface area contributed by atoms with E-state index in [1.807, 2.05) is 50.5 Å². The summed E-state index contributed by atoms with van der Waals surface area (Å²) in [6.45, 7) is 3.01. The molecule has 0 saturated heterocycles. The van der Waals surface area contributed by atoms with Crippen LogP contribution in [0.25, 0.3) is 0 Å². The first kappa shape index (κ1) is 21.1. The maximum Gasteiger partial charge on any atom is 0.191 e. The molecule has 0 heterocycles. The van der Waals surface area contributed by atoms with Gasteiger partial charge in [-0.25, -0.2) is 0 Å². The Hall–Kier alpha value is -2.24. The number of hydrogen-bond donors (Lipinski definition) is 2. The Morgan fingerprint density at radius 1 is 1.11 bits per heavy atom. The molecule has 2 aromatic rings. The van der Waals surface area contributed by atoms with Gasteiger partial charge in [-0.05, 0) is 49.8 Å². The fourth-order valence-corrected chi connectivity index (χ4v) is 2.74. The molecule has 0 aromatic heterocycles. The highest BCUT2D eigenvalue weighted by atomic mass is 35.5. The van der Waals surface area contributed by atoms with Gasteiger partial charge in [-0.3, -0.25) is 4.99 Å². The maximum absolute atomic E-state index is 6.19. The minimum Gasteiger partial charge on any atom is -0.492 e. The van der Waals surface area contributed by atoms with Gasteiger partial charge >= 0.3 is 0 Å². The SMILES string of the molecule is CN=C(NCCc1ccccc1Cl)NCc1cccc(OCCN(C)C)c1. The van der Waals surface area contributed by atoms with Crippen molar-refractivity contribution in [2.24, 2.45) is 4.99 Å². The normalized spacial score (nSPS) is 11.5. The monoisotopic (exact) mass is 388 g/mol. The number of benzene rings is 2. The topological polar surface area (TPSA) is 48.9 Å². The van der Waals surface area contributed by atoms with Crippen molar-refractivity contribution in [1.82, 2.24) is 15.5 Å². The lowest BCUT2D eigenvalue weighted by atomic mass is 10.1. The van der Waals surface area contributed by atoms with E-state index in [4.69, 9.17) is 16.3 Å².